The van der Waals surface area contributed by atoms with E-state index in [2.05, 4.69) is 11.8 Å². The number of hydrogen-bond acceptors (Lipinski definition) is 4. The number of nitrogens with zero attached hydrogens (tertiary/aromatic N) is 2. The number of carbonyl (C=O) groups excluding carboxylic acids is 1. The standard InChI is InChI=1S/C12H19N3O2/c1-2-14-3-5-15(6-4-14)12(16)10-7-11(8-13)17-9-10/h7,9H,2-6,8,13H2,1H3. The number of rotatable bonds is 3. The molecule has 94 valence electrons. The molecular weight excluding hydrogens is 218 g/mol. The Morgan fingerprint density at radius 1 is 1.41 bits per heavy atom. The van der Waals surface area contributed by atoms with Gasteiger partial charge in [0.05, 0.1) is 12.1 Å². The quantitative estimate of drug-likeness (QED) is 0.832. The van der Waals surface area contributed by atoms with Crippen LogP contribution < -0.4 is 5.73 Å². The summed E-state index contributed by atoms with van der Waals surface area (Å²) in [5.74, 6) is 0.699. The Morgan fingerprint density at radius 2 is 2.12 bits per heavy atom. The molecule has 0 aliphatic carbocycles. The summed E-state index contributed by atoms with van der Waals surface area (Å²) < 4.78 is 5.19. The van der Waals surface area contributed by atoms with Crippen molar-refractivity contribution in [3.05, 3.63) is 23.7 Å². The van der Waals surface area contributed by atoms with Gasteiger partial charge in [0, 0.05) is 26.2 Å². The first-order valence-corrected chi connectivity index (χ1v) is 6.03. The molecule has 0 unspecified atom stereocenters. The van der Waals surface area contributed by atoms with Crippen molar-refractivity contribution < 1.29 is 9.21 Å². The Morgan fingerprint density at radius 3 is 2.65 bits per heavy atom. The van der Waals surface area contributed by atoms with Gasteiger partial charge in [0.1, 0.15) is 12.0 Å². The van der Waals surface area contributed by atoms with Crippen molar-refractivity contribution in [1.82, 2.24) is 9.80 Å². The molecule has 1 fully saturated rings. The third-order valence-corrected chi connectivity index (χ3v) is 3.21. The van der Waals surface area contributed by atoms with Gasteiger partial charge < -0.3 is 20.0 Å². The van der Waals surface area contributed by atoms with E-state index in [0.717, 1.165) is 32.7 Å². The normalized spacial score (nSPS) is 17.4. The third kappa shape index (κ3) is 2.68. The van der Waals surface area contributed by atoms with Gasteiger partial charge >= 0.3 is 0 Å². The van der Waals surface area contributed by atoms with Crippen LogP contribution in [0, 0.1) is 0 Å². The van der Waals surface area contributed by atoms with E-state index >= 15 is 0 Å². The van der Waals surface area contributed by atoms with E-state index in [9.17, 15) is 4.79 Å². The van der Waals surface area contributed by atoms with E-state index in [1.165, 1.54) is 6.26 Å². The summed E-state index contributed by atoms with van der Waals surface area (Å²) in [6.07, 6.45) is 1.50. The summed E-state index contributed by atoms with van der Waals surface area (Å²) in [5.41, 5.74) is 6.06. The first-order chi connectivity index (χ1) is 8.24. The van der Waals surface area contributed by atoms with Gasteiger partial charge in [-0.1, -0.05) is 6.92 Å². The van der Waals surface area contributed by atoms with Crippen LogP contribution in [0.5, 0.6) is 0 Å². The SMILES string of the molecule is CCN1CCN(C(=O)c2coc(CN)c2)CC1. The highest BCUT2D eigenvalue weighted by Crippen LogP contribution is 2.12. The molecule has 5 nitrogen and oxygen atoms in total. The number of likely N-dealkylation sites (N-methyl/N-ethyl adjacent to an activating group) is 1. The van der Waals surface area contributed by atoms with Gasteiger partial charge in [0.2, 0.25) is 0 Å². The van der Waals surface area contributed by atoms with Crippen LogP contribution in [0.1, 0.15) is 23.0 Å². The first-order valence-electron chi connectivity index (χ1n) is 6.03. The highest BCUT2D eigenvalue weighted by molar-refractivity contribution is 5.94. The fraction of sp³-hybridized carbons (Fsp3) is 0.583. The summed E-state index contributed by atoms with van der Waals surface area (Å²) in [7, 11) is 0. The van der Waals surface area contributed by atoms with Gasteiger partial charge in [-0.3, -0.25) is 4.79 Å². The molecule has 2 heterocycles. The van der Waals surface area contributed by atoms with Crippen LogP contribution in [-0.2, 0) is 6.54 Å². The van der Waals surface area contributed by atoms with Crippen molar-refractivity contribution in [2.24, 2.45) is 5.73 Å². The molecule has 2 N–H and O–H groups in total. The highest BCUT2D eigenvalue weighted by Gasteiger charge is 2.22. The predicted molar refractivity (Wildman–Crippen MR) is 64.6 cm³/mol. The number of hydrogen-bond donors (Lipinski definition) is 1. The van der Waals surface area contributed by atoms with E-state index in [4.69, 9.17) is 10.2 Å². The lowest BCUT2D eigenvalue weighted by molar-refractivity contribution is 0.0642. The molecule has 1 aliphatic heterocycles. The van der Waals surface area contributed by atoms with Crippen molar-refractivity contribution in [3.8, 4) is 0 Å². The van der Waals surface area contributed by atoms with Gasteiger partial charge in [0.25, 0.3) is 5.91 Å². The average Bonchev–Trinajstić information content (AvgIpc) is 2.87. The average molecular weight is 237 g/mol. The monoisotopic (exact) mass is 237 g/mol. The fourth-order valence-electron chi connectivity index (χ4n) is 2.05. The van der Waals surface area contributed by atoms with E-state index in [0.29, 0.717) is 17.9 Å². The van der Waals surface area contributed by atoms with Gasteiger partial charge in [-0.2, -0.15) is 0 Å². The molecule has 1 amide bonds. The van der Waals surface area contributed by atoms with Crippen LogP contribution in [0.25, 0.3) is 0 Å². The Bertz CT molecular complexity index is 381. The minimum atomic E-state index is 0.0456. The van der Waals surface area contributed by atoms with Gasteiger partial charge in [-0.25, -0.2) is 0 Å². The van der Waals surface area contributed by atoms with E-state index in [-0.39, 0.29) is 5.91 Å². The smallest absolute Gasteiger partial charge is 0.257 e. The zero-order valence-electron chi connectivity index (χ0n) is 10.2. The molecule has 5 heteroatoms. The summed E-state index contributed by atoms with van der Waals surface area (Å²) >= 11 is 0. The molecule has 1 aromatic heterocycles. The van der Waals surface area contributed by atoms with Crippen molar-refractivity contribution >= 4 is 5.91 Å². The summed E-state index contributed by atoms with van der Waals surface area (Å²) in [5, 5.41) is 0. The van der Waals surface area contributed by atoms with Crippen LogP contribution in [0.2, 0.25) is 0 Å². The third-order valence-electron chi connectivity index (χ3n) is 3.21. The Balaban J connectivity index is 1.96. The van der Waals surface area contributed by atoms with Crippen LogP contribution in [-0.4, -0.2) is 48.4 Å². The maximum absolute atomic E-state index is 12.1. The van der Waals surface area contributed by atoms with Crippen LogP contribution in [0.3, 0.4) is 0 Å². The minimum Gasteiger partial charge on any atom is -0.467 e. The number of piperazine rings is 1. The van der Waals surface area contributed by atoms with Gasteiger partial charge in [-0.15, -0.1) is 0 Å². The second kappa shape index (κ2) is 5.33. The summed E-state index contributed by atoms with van der Waals surface area (Å²) in [4.78, 5) is 16.3. The first kappa shape index (κ1) is 12.1. The molecule has 0 saturated carbocycles. The van der Waals surface area contributed by atoms with Crippen molar-refractivity contribution in [2.75, 3.05) is 32.7 Å². The molecule has 0 radical (unpaired) electrons. The molecule has 2 rings (SSSR count). The molecule has 0 atom stereocenters. The number of furan rings is 1. The second-order valence-corrected chi connectivity index (χ2v) is 4.23. The molecule has 1 saturated heterocycles. The zero-order valence-corrected chi connectivity index (χ0v) is 10.2. The van der Waals surface area contributed by atoms with E-state index < -0.39 is 0 Å². The number of carbonyl (C=O) groups is 1. The lowest BCUT2D eigenvalue weighted by atomic mass is 10.2. The van der Waals surface area contributed by atoms with E-state index in [1.54, 1.807) is 6.07 Å². The van der Waals surface area contributed by atoms with Crippen molar-refractivity contribution in [2.45, 2.75) is 13.5 Å². The van der Waals surface area contributed by atoms with Crippen LogP contribution in [0.15, 0.2) is 16.7 Å². The van der Waals surface area contributed by atoms with Crippen molar-refractivity contribution in [1.29, 1.82) is 0 Å². The predicted octanol–water partition coefficient (Wildman–Crippen LogP) is 0.516. The van der Waals surface area contributed by atoms with Crippen molar-refractivity contribution in [3.63, 3.8) is 0 Å². The molecule has 17 heavy (non-hydrogen) atoms. The maximum atomic E-state index is 12.1. The summed E-state index contributed by atoms with van der Waals surface area (Å²) in [6.45, 7) is 6.99. The largest absolute Gasteiger partial charge is 0.467 e. The number of nitrogens with two attached hydrogens (primary N) is 1. The topological polar surface area (TPSA) is 62.7 Å². The molecule has 0 aromatic carbocycles. The van der Waals surface area contributed by atoms with Crippen LogP contribution >= 0.6 is 0 Å². The minimum absolute atomic E-state index is 0.0456. The molecule has 1 aromatic rings. The van der Waals surface area contributed by atoms with E-state index in [1.807, 2.05) is 4.90 Å². The van der Waals surface area contributed by atoms with Gasteiger partial charge in [-0.05, 0) is 12.6 Å². The maximum Gasteiger partial charge on any atom is 0.257 e. The summed E-state index contributed by atoms with van der Waals surface area (Å²) in [6, 6.07) is 1.73. The zero-order chi connectivity index (χ0) is 12.3. The van der Waals surface area contributed by atoms with Crippen LogP contribution in [0.4, 0.5) is 0 Å². The second-order valence-electron chi connectivity index (χ2n) is 4.23. The fourth-order valence-corrected chi connectivity index (χ4v) is 2.05. The Hall–Kier alpha value is -1.33. The lowest BCUT2D eigenvalue weighted by Crippen LogP contribution is -2.48. The molecular formula is C12H19N3O2. The molecule has 1 aliphatic rings. The van der Waals surface area contributed by atoms with Gasteiger partial charge in [0.15, 0.2) is 0 Å². The Kier molecular flexibility index (Phi) is 3.81. The molecule has 0 bridgehead atoms. The number of amides is 1. The molecule has 0 spiro atoms. The highest BCUT2D eigenvalue weighted by atomic mass is 16.3. The lowest BCUT2D eigenvalue weighted by Gasteiger charge is -2.33. The Labute approximate surface area is 101 Å².